The number of nitrogens with one attached hydrogen (secondary N) is 1. The molecule has 5 aliphatic heterocycles. The smallest absolute Gasteiger partial charge is 0.217 e. The molecule has 27 nitrogen and oxygen atoms in total. The molecule has 5 saturated heterocycles. The second-order valence-corrected chi connectivity index (χ2v) is 14.7. The number of aliphatic hydroxyl groups is 16. The molecule has 25 atom stereocenters. The zero-order chi connectivity index (χ0) is 43.6. The third-order valence-electron chi connectivity index (χ3n) is 10.7. The lowest BCUT2D eigenvalue weighted by Crippen LogP contribution is -2.68. The Morgan fingerprint density at radius 1 is 0.441 bits per heavy atom. The highest BCUT2D eigenvalue weighted by Gasteiger charge is 2.55. The highest BCUT2D eigenvalue weighted by Crippen LogP contribution is 2.34. The number of ether oxygens (including phenoxy) is 9. The molecule has 59 heavy (non-hydrogen) atoms. The van der Waals surface area contributed by atoms with Gasteiger partial charge in [0.05, 0.1) is 33.0 Å². The van der Waals surface area contributed by atoms with Gasteiger partial charge in [-0.1, -0.05) is 0 Å². The Morgan fingerprint density at radius 3 is 1.31 bits per heavy atom. The van der Waals surface area contributed by atoms with Crippen molar-refractivity contribution in [2.75, 3.05) is 33.0 Å². The Kier molecular flexibility index (Phi) is 17.1. The normalized spacial score (nSPS) is 51.0. The van der Waals surface area contributed by atoms with Crippen LogP contribution in [0, 0.1) is 0 Å². The molecular weight excluding hydrogens is 814 g/mol. The first kappa shape index (κ1) is 48.5. The van der Waals surface area contributed by atoms with Gasteiger partial charge in [0.2, 0.25) is 5.91 Å². The van der Waals surface area contributed by atoms with Crippen LogP contribution in [-0.2, 0) is 47.4 Å². The molecule has 5 fully saturated rings. The fourth-order valence-electron chi connectivity index (χ4n) is 7.32. The zero-order valence-corrected chi connectivity index (χ0v) is 31.2. The second-order valence-electron chi connectivity index (χ2n) is 14.7. The summed E-state index contributed by atoms with van der Waals surface area (Å²) in [5.74, 6) is -0.718. The molecule has 17 N–H and O–H groups in total. The van der Waals surface area contributed by atoms with E-state index in [9.17, 15) is 86.5 Å². The van der Waals surface area contributed by atoms with Gasteiger partial charge in [-0.15, -0.1) is 0 Å². The van der Waals surface area contributed by atoms with Gasteiger partial charge in [0.1, 0.15) is 122 Å². The van der Waals surface area contributed by atoms with Crippen molar-refractivity contribution in [1.29, 1.82) is 0 Å². The molecule has 5 heterocycles. The van der Waals surface area contributed by atoms with Crippen LogP contribution in [0.15, 0.2) is 0 Å². The lowest BCUT2D eigenvalue weighted by molar-refractivity contribution is -0.383. The number of rotatable bonds is 14. The average Bonchev–Trinajstić information content (AvgIpc) is 3.21. The van der Waals surface area contributed by atoms with Crippen LogP contribution in [0.1, 0.15) is 6.92 Å². The van der Waals surface area contributed by atoms with Crippen LogP contribution in [0.2, 0.25) is 0 Å². The summed E-state index contributed by atoms with van der Waals surface area (Å²) < 4.78 is 50.0. The van der Waals surface area contributed by atoms with Gasteiger partial charge in [0.15, 0.2) is 31.5 Å². The van der Waals surface area contributed by atoms with Crippen LogP contribution in [0.3, 0.4) is 0 Å². The van der Waals surface area contributed by atoms with Gasteiger partial charge in [-0.25, -0.2) is 0 Å². The number of amides is 1. The summed E-state index contributed by atoms with van der Waals surface area (Å²) >= 11 is 0. The maximum absolute atomic E-state index is 11.8. The molecule has 344 valence electrons. The van der Waals surface area contributed by atoms with Gasteiger partial charge in [0, 0.05) is 6.92 Å². The summed E-state index contributed by atoms with van der Waals surface area (Å²) in [6, 6.07) is -1.55. The standard InChI is InChI=1S/C32H55NO26/c1-7(38)33-13-18(43)25(11(5-37)52-28(13)50)57-32-24(49)27(59-31-22(47)20(45)15(40)9(3-35)55-31)17(42)12(56-32)6-51-29-23(48)26(16(41)10(4-36)53-29)58-30-21(46)19(44)14(39)8(2-34)54-30/h8-32,34-37,39-50H,2-6H2,1H3,(H,33,38)/t8-,9+,10-,11+,12-,13+,14-,15+,16-,17-,18+,19+,20-,21+,22-,23+,24+,25+,26+,27+,28+,29+,30-,31+,32+/m1/s1. The summed E-state index contributed by atoms with van der Waals surface area (Å²) in [5, 5.41) is 170. The highest BCUT2D eigenvalue weighted by molar-refractivity contribution is 5.73. The van der Waals surface area contributed by atoms with Crippen molar-refractivity contribution in [1.82, 2.24) is 5.32 Å². The number of hydrogen-bond acceptors (Lipinski definition) is 26. The molecule has 0 bridgehead atoms. The van der Waals surface area contributed by atoms with E-state index >= 15 is 0 Å². The number of carbonyl (C=O) groups excluding carboxylic acids is 1. The maximum Gasteiger partial charge on any atom is 0.217 e. The molecule has 5 aliphatic rings. The average molecular weight is 870 g/mol. The number of carbonyl (C=O) groups is 1. The Bertz CT molecular complexity index is 1320. The van der Waals surface area contributed by atoms with Crippen LogP contribution in [0.4, 0.5) is 0 Å². The number of aliphatic hydroxyl groups excluding tert-OH is 16. The molecular formula is C32H55NO26. The van der Waals surface area contributed by atoms with Crippen molar-refractivity contribution in [3.05, 3.63) is 0 Å². The van der Waals surface area contributed by atoms with Crippen molar-refractivity contribution in [3.8, 4) is 0 Å². The van der Waals surface area contributed by atoms with Crippen LogP contribution in [-0.4, -0.2) is 274 Å². The SMILES string of the molecule is CC(=O)N[C@H]1[C@H](O)[C@@H](O[C@@H]2O[C@H](CO[C@H]3O[C@H](CO)[C@@H](O)[C@H](O[C@H]4O[C@H](CO)[C@@H](O)[C@H](O)[C@@H]4O)[C@@H]3O)[C@@H](O)[C@H](O[C@@H]3O[C@@H](CO)[C@H](O)[C@@H](O)[C@H]3O)[C@@H]2O)[C@H](CO)O[C@@H]1O. The Morgan fingerprint density at radius 2 is 0.831 bits per heavy atom. The predicted octanol–water partition coefficient (Wildman–Crippen LogP) is -11.8. The van der Waals surface area contributed by atoms with Crippen molar-refractivity contribution >= 4 is 5.91 Å². The first-order valence-electron chi connectivity index (χ1n) is 18.6. The van der Waals surface area contributed by atoms with Gasteiger partial charge in [0.25, 0.3) is 0 Å². The van der Waals surface area contributed by atoms with E-state index in [1.807, 2.05) is 0 Å². The Hall–Kier alpha value is -1.53. The zero-order valence-electron chi connectivity index (χ0n) is 31.2. The van der Waals surface area contributed by atoms with E-state index in [0.29, 0.717) is 0 Å². The molecule has 0 aliphatic carbocycles. The molecule has 0 saturated carbocycles. The first-order chi connectivity index (χ1) is 27.9. The maximum atomic E-state index is 11.8. The van der Waals surface area contributed by atoms with E-state index < -0.39 is 192 Å². The predicted molar refractivity (Wildman–Crippen MR) is 178 cm³/mol. The second kappa shape index (κ2) is 20.8. The fraction of sp³-hybridized carbons (Fsp3) is 0.969. The quantitative estimate of drug-likeness (QED) is 0.0770. The molecule has 0 spiro atoms. The lowest BCUT2D eigenvalue weighted by atomic mass is 9.95. The summed E-state index contributed by atoms with van der Waals surface area (Å²) in [6.07, 6.45) is -44.5. The molecule has 0 aromatic heterocycles. The molecule has 5 rings (SSSR count). The van der Waals surface area contributed by atoms with E-state index in [2.05, 4.69) is 5.32 Å². The minimum absolute atomic E-state index is 0.718. The Labute approximate surface area is 333 Å². The van der Waals surface area contributed by atoms with E-state index in [-0.39, 0.29) is 0 Å². The van der Waals surface area contributed by atoms with Crippen molar-refractivity contribution in [2.24, 2.45) is 0 Å². The van der Waals surface area contributed by atoms with Gasteiger partial charge in [-0.3, -0.25) is 4.79 Å². The third-order valence-corrected chi connectivity index (χ3v) is 10.7. The summed E-state index contributed by atoms with van der Waals surface area (Å²) in [5.41, 5.74) is 0. The van der Waals surface area contributed by atoms with Gasteiger partial charge in [-0.2, -0.15) is 0 Å². The monoisotopic (exact) mass is 869 g/mol. The van der Waals surface area contributed by atoms with E-state index in [1.54, 1.807) is 0 Å². The summed E-state index contributed by atoms with van der Waals surface area (Å²) in [7, 11) is 0. The molecule has 0 unspecified atom stereocenters. The van der Waals surface area contributed by atoms with Gasteiger partial charge in [-0.05, 0) is 0 Å². The third kappa shape index (κ3) is 10.3. The minimum atomic E-state index is -2.15. The fourth-order valence-corrected chi connectivity index (χ4v) is 7.32. The Balaban J connectivity index is 1.38. The van der Waals surface area contributed by atoms with Crippen LogP contribution >= 0.6 is 0 Å². The first-order valence-corrected chi connectivity index (χ1v) is 18.6. The molecule has 0 aromatic rings. The van der Waals surface area contributed by atoms with Crippen molar-refractivity contribution < 1.29 is 129 Å². The molecule has 0 aromatic carbocycles. The lowest BCUT2D eigenvalue weighted by Gasteiger charge is -2.49. The van der Waals surface area contributed by atoms with Crippen molar-refractivity contribution in [3.63, 3.8) is 0 Å². The van der Waals surface area contributed by atoms with E-state index in [4.69, 9.17) is 42.6 Å². The number of hydrogen-bond donors (Lipinski definition) is 17. The minimum Gasteiger partial charge on any atom is -0.394 e. The molecule has 0 radical (unpaired) electrons. The van der Waals surface area contributed by atoms with E-state index in [0.717, 1.165) is 6.92 Å². The van der Waals surface area contributed by atoms with Gasteiger partial charge >= 0.3 is 0 Å². The topological polar surface area (TPSA) is 436 Å². The van der Waals surface area contributed by atoms with E-state index in [1.165, 1.54) is 0 Å². The largest absolute Gasteiger partial charge is 0.394 e. The van der Waals surface area contributed by atoms with Gasteiger partial charge < -0.3 is 130 Å². The van der Waals surface area contributed by atoms with Crippen LogP contribution in [0.25, 0.3) is 0 Å². The highest BCUT2D eigenvalue weighted by atomic mass is 16.8. The van der Waals surface area contributed by atoms with Crippen LogP contribution < -0.4 is 5.32 Å². The summed E-state index contributed by atoms with van der Waals surface area (Å²) in [6.45, 7) is -3.38. The van der Waals surface area contributed by atoms with Crippen molar-refractivity contribution in [2.45, 2.75) is 160 Å². The molecule has 27 heteroatoms. The summed E-state index contributed by atoms with van der Waals surface area (Å²) in [4.78, 5) is 11.8. The molecule has 1 amide bonds. The van der Waals surface area contributed by atoms with Crippen LogP contribution in [0.5, 0.6) is 0 Å².